The summed E-state index contributed by atoms with van der Waals surface area (Å²) in [6.07, 6.45) is 12.5. The van der Waals surface area contributed by atoms with E-state index < -0.39 is 5.97 Å². The molecular weight excluding hydrogens is 929 g/mol. The molecule has 0 saturated heterocycles. The first-order valence-electron chi connectivity index (χ1n) is 25.3. The van der Waals surface area contributed by atoms with Crippen molar-refractivity contribution in [2.24, 2.45) is 11.8 Å². The molecule has 0 aliphatic heterocycles. The van der Waals surface area contributed by atoms with Gasteiger partial charge in [-0.1, -0.05) is 164 Å². The van der Waals surface area contributed by atoms with E-state index in [-0.39, 0.29) is 5.57 Å². The third-order valence-corrected chi connectivity index (χ3v) is 18.0. The van der Waals surface area contributed by atoms with Crippen LogP contribution in [0.2, 0.25) is 0 Å². The number of rotatable bonds is 20. The largest absolute Gasteiger partial charge is 0.477 e. The Balaban J connectivity index is 1.18. The lowest BCUT2D eigenvalue weighted by Gasteiger charge is -2.25. The van der Waals surface area contributed by atoms with Crippen LogP contribution in [0.25, 0.3) is 80.3 Å². The monoisotopic (exact) mass is 986 g/mol. The first-order chi connectivity index (χ1) is 34.8. The van der Waals surface area contributed by atoms with Crippen molar-refractivity contribution >= 4 is 84.9 Å². The molecule has 9 aromatic rings. The minimum absolute atomic E-state index is 0.271. The van der Waals surface area contributed by atoms with Gasteiger partial charge in [0, 0.05) is 43.3 Å². The molecule has 0 fully saturated rings. The van der Waals surface area contributed by atoms with Crippen molar-refractivity contribution in [1.82, 2.24) is 9.97 Å². The number of thiophene rings is 3. The molecule has 2 atom stereocenters. The molecule has 0 bridgehead atoms. The number of carboxylic acids is 1. The van der Waals surface area contributed by atoms with Crippen molar-refractivity contribution in [1.29, 1.82) is 5.26 Å². The molecule has 6 nitrogen and oxygen atoms in total. The lowest BCUT2D eigenvalue weighted by molar-refractivity contribution is -0.132. The van der Waals surface area contributed by atoms with Crippen molar-refractivity contribution in [3.8, 4) is 58.5 Å². The second-order valence-corrected chi connectivity index (χ2v) is 22.0. The van der Waals surface area contributed by atoms with Crippen LogP contribution in [0.5, 0.6) is 0 Å². The number of carbonyl (C=O) groups is 1. The van der Waals surface area contributed by atoms with Gasteiger partial charge in [-0.2, -0.15) is 5.26 Å². The number of para-hydroxylation sites is 2. The maximum Gasteiger partial charge on any atom is 0.346 e. The molecule has 1 aliphatic rings. The van der Waals surface area contributed by atoms with Crippen LogP contribution in [0.1, 0.15) is 95.1 Å². The van der Waals surface area contributed by atoms with Gasteiger partial charge in [0.25, 0.3) is 0 Å². The average molecular weight is 987 g/mol. The predicted molar refractivity (Wildman–Crippen MR) is 301 cm³/mol. The smallest absolute Gasteiger partial charge is 0.346 e. The highest BCUT2D eigenvalue weighted by Gasteiger charge is 2.31. The molecule has 71 heavy (non-hydrogen) atoms. The average Bonchev–Trinajstić information content (AvgIpc) is 4.18. The first kappa shape index (κ1) is 48.0. The van der Waals surface area contributed by atoms with Gasteiger partial charge < -0.3 is 10.0 Å². The summed E-state index contributed by atoms with van der Waals surface area (Å²) >= 11 is 5.21. The number of nitrogens with zero attached hydrogens (tertiary/aromatic N) is 4. The number of nitriles is 1. The molecule has 5 aromatic carbocycles. The van der Waals surface area contributed by atoms with Gasteiger partial charge in [0.1, 0.15) is 22.7 Å². The van der Waals surface area contributed by atoms with Crippen molar-refractivity contribution in [2.75, 3.05) is 4.90 Å². The van der Waals surface area contributed by atoms with Gasteiger partial charge in [0.2, 0.25) is 0 Å². The van der Waals surface area contributed by atoms with Crippen LogP contribution in [0, 0.1) is 23.2 Å². The summed E-state index contributed by atoms with van der Waals surface area (Å²) in [6, 6.07) is 49.6. The second-order valence-electron chi connectivity index (χ2n) is 18.8. The number of aliphatic carboxylic acids is 1. The zero-order valence-electron chi connectivity index (χ0n) is 40.9. The maximum absolute atomic E-state index is 12.2. The summed E-state index contributed by atoms with van der Waals surface area (Å²) in [5.41, 5.74) is 12.5. The Morgan fingerprint density at radius 1 is 0.634 bits per heavy atom. The third-order valence-electron chi connectivity index (χ3n) is 14.2. The lowest BCUT2D eigenvalue weighted by Crippen LogP contribution is -2.09. The fraction of sp³-hybridized carbons (Fsp3) is 0.258. The molecule has 1 N–H and O–H groups in total. The van der Waals surface area contributed by atoms with E-state index in [1.807, 2.05) is 17.4 Å². The minimum atomic E-state index is -1.22. The van der Waals surface area contributed by atoms with Crippen LogP contribution in [-0.2, 0) is 17.6 Å². The molecule has 0 radical (unpaired) electrons. The van der Waals surface area contributed by atoms with E-state index in [1.54, 1.807) is 28.7 Å². The first-order valence-corrected chi connectivity index (χ1v) is 27.7. The Labute approximate surface area is 429 Å². The zero-order chi connectivity index (χ0) is 49.0. The standard InChI is InChI=1S/C62H58N4O2S3/c1-5-9-19-39(7-3)33-43-35-49(36-45(38-63)62(67)68)69-58(43)60-56-57(65-55-51-28-18-22-42-21-17-27-50(53(42)51)54(55)64-56)61(71-60)59-44(34-40(8-4)20-10-6-2)37-52(70-59)41-29-31-48(32-30-41)66(46-23-13-11-14-24-46)47-25-15-12-16-26-47/h11-18,21-32,35-37,39-40H,5-10,19-20,33-34H2,1-4H3,(H,67,68)/b45-36+. The summed E-state index contributed by atoms with van der Waals surface area (Å²) in [5.74, 6) is -0.224. The van der Waals surface area contributed by atoms with Crippen LogP contribution in [0.3, 0.4) is 0 Å². The number of unbranched alkanes of at least 4 members (excludes halogenated alkanes) is 2. The van der Waals surface area contributed by atoms with Crippen molar-refractivity contribution in [3.63, 3.8) is 0 Å². The summed E-state index contributed by atoms with van der Waals surface area (Å²) < 4.78 is 0. The number of carboxylic acid groups (broad SMARTS) is 1. The van der Waals surface area contributed by atoms with E-state index in [4.69, 9.17) is 9.97 Å². The molecular formula is C62H58N4O2S3. The van der Waals surface area contributed by atoms with Crippen molar-refractivity contribution in [3.05, 3.63) is 155 Å². The van der Waals surface area contributed by atoms with E-state index >= 15 is 0 Å². The molecule has 0 spiro atoms. The fourth-order valence-electron chi connectivity index (χ4n) is 10.3. The minimum Gasteiger partial charge on any atom is -0.477 e. The van der Waals surface area contributed by atoms with Crippen LogP contribution in [0.15, 0.2) is 139 Å². The molecule has 1 aliphatic carbocycles. The number of benzene rings is 5. The summed E-state index contributed by atoms with van der Waals surface area (Å²) in [5, 5.41) is 22.2. The molecule has 2 unspecified atom stereocenters. The lowest BCUT2D eigenvalue weighted by atomic mass is 9.91. The molecule has 356 valence electrons. The van der Waals surface area contributed by atoms with Gasteiger partial charge in [-0.05, 0) is 101 Å². The highest BCUT2D eigenvalue weighted by Crippen LogP contribution is 2.54. The Morgan fingerprint density at radius 3 is 1.66 bits per heavy atom. The Kier molecular flexibility index (Phi) is 14.4. The Morgan fingerprint density at radius 2 is 1.15 bits per heavy atom. The number of hydrogen-bond donors (Lipinski definition) is 1. The number of anilines is 3. The molecule has 0 saturated carbocycles. The van der Waals surface area contributed by atoms with Crippen molar-refractivity contribution in [2.45, 2.75) is 91.9 Å². The number of fused-ring (bicyclic) bond motifs is 4. The highest BCUT2D eigenvalue weighted by molar-refractivity contribution is 7.29. The SMILES string of the molecule is CCCCC(CC)Cc1cc(/C=C(\C#N)C(=O)O)sc1-c1sc(-c2sc(-c3ccc(N(c4ccccc4)c4ccccc4)cc3)cc2CC(CC)CCCC)c2nc3c(nc12)-c1cccc2cccc-3c12. The predicted octanol–water partition coefficient (Wildman–Crippen LogP) is 18.6. The third kappa shape index (κ3) is 9.61. The number of hydrogen-bond acceptors (Lipinski definition) is 8. The number of aromatic nitrogens is 2. The van der Waals surface area contributed by atoms with Crippen LogP contribution in [0.4, 0.5) is 17.1 Å². The van der Waals surface area contributed by atoms with Crippen LogP contribution < -0.4 is 4.90 Å². The molecule has 4 heterocycles. The van der Waals surface area contributed by atoms with E-state index in [0.717, 1.165) is 115 Å². The maximum atomic E-state index is 12.2. The van der Waals surface area contributed by atoms with Crippen LogP contribution in [-0.4, -0.2) is 21.0 Å². The molecule has 0 amide bonds. The molecule has 10 rings (SSSR count). The second kappa shape index (κ2) is 21.3. The zero-order valence-corrected chi connectivity index (χ0v) is 43.3. The molecule has 9 heteroatoms. The topological polar surface area (TPSA) is 90.1 Å². The summed E-state index contributed by atoms with van der Waals surface area (Å²) in [4.78, 5) is 32.4. The van der Waals surface area contributed by atoms with Crippen LogP contribution >= 0.6 is 34.0 Å². The van der Waals surface area contributed by atoms with Crippen molar-refractivity contribution < 1.29 is 9.90 Å². The summed E-state index contributed by atoms with van der Waals surface area (Å²) in [7, 11) is 0. The van der Waals surface area contributed by atoms with E-state index in [2.05, 4.69) is 166 Å². The quantitative estimate of drug-likeness (QED) is 0.0604. The van der Waals surface area contributed by atoms with Gasteiger partial charge >= 0.3 is 5.97 Å². The van der Waals surface area contributed by atoms with Gasteiger partial charge in [-0.3, -0.25) is 0 Å². The van der Waals surface area contributed by atoms with Gasteiger partial charge in [-0.15, -0.1) is 34.0 Å². The van der Waals surface area contributed by atoms with E-state index in [0.29, 0.717) is 11.8 Å². The fourth-order valence-corrected chi connectivity index (χ4v) is 14.2. The van der Waals surface area contributed by atoms with Gasteiger partial charge in [0.05, 0.1) is 30.9 Å². The summed E-state index contributed by atoms with van der Waals surface area (Å²) in [6.45, 7) is 9.13. The van der Waals surface area contributed by atoms with Gasteiger partial charge in [-0.25, -0.2) is 14.8 Å². The van der Waals surface area contributed by atoms with E-state index in [9.17, 15) is 15.2 Å². The Bertz CT molecular complexity index is 3390. The highest BCUT2D eigenvalue weighted by atomic mass is 32.1. The van der Waals surface area contributed by atoms with Gasteiger partial charge in [0.15, 0.2) is 0 Å². The normalized spacial score (nSPS) is 12.9. The Hall–Kier alpha value is -6.70. The van der Waals surface area contributed by atoms with E-state index in [1.165, 1.54) is 56.5 Å². The molecule has 4 aromatic heterocycles.